The van der Waals surface area contributed by atoms with Crippen molar-refractivity contribution in [3.63, 3.8) is 0 Å². The Morgan fingerprint density at radius 3 is 2.53 bits per heavy atom. The first-order chi connectivity index (χ1) is 8.63. The van der Waals surface area contributed by atoms with Crippen LogP contribution in [0.5, 0.6) is 0 Å². The molecule has 1 aromatic carbocycles. The Morgan fingerprint density at radius 2 is 2.05 bits per heavy atom. The molecule has 1 amide bonds. The lowest BCUT2D eigenvalue weighted by Crippen LogP contribution is -2.35. The molecule has 0 radical (unpaired) electrons. The second-order valence-electron chi connectivity index (χ2n) is 4.34. The van der Waals surface area contributed by atoms with Crippen LogP contribution in [0.4, 0.5) is 10.1 Å². The maximum Gasteiger partial charge on any atom is 0.240 e. The van der Waals surface area contributed by atoms with E-state index >= 15 is 0 Å². The van der Waals surface area contributed by atoms with Crippen LogP contribution in [0.2, 0.25) is 0 Å². The number of rotatable bonds is 5. The lowest BCUT2D eigenvalue weighted by Gasteiger charge is -2.13. The van der Waals surface area contributed by atoms with Crippen LogP contribution < -0.4 is 16.2 Å². The molecule has 8 heteroatoms. The van der Waals surface area contributed by atoms with Crippen LogP contribution >= 0.6 is 0 Å². The van der Waals surface area contributed by atoms with Gasteiger partial charge in [-0.3, -0.25) is 4.79 Å². The van der Waals surface area contributed by atoms with Gasteiger partial charge in [-0.25, -0.2) is 17.5 Å². The second-order valence-corrected chi connectivity index (χ2v) is 6.05. The highest BCUT2D eigenvalue weighted by molar-refractivity contribution is 7.89. The molecule has 5 N–H and O–H groups in total. The van der Waals surface area contributed by atoms with Crippen LogP contribution in [0, 0.1) is 12.7 Å². The Kier molecular flexibility index (Phi) is 4.48. The van der Waals surface area contributed by atoms with Crippen LogP contribution in [-0.2, 0) is 14.8 Å². The van der Waals surface area contributed by atoms with Gasteiger partial charge in [0.25, 0.3) is 0 Å². The molecule has 0 aromatic heterocycles. The van der Waals surface area contributed by atoms with Crippen molar-refractivity contribution < 1.29 is 17.6 Å². The van der Waals surface area contributed by atoms with Gasteiger partial charge in [-0.1, -0.05) is 0 Å². The van der Waals surface area contributed by atoms with Crippen molar-refractivity contribution in [2.75, 3.05) is 5.73 Å². The van der Waals surface area contributed by atoms with Gasteiger partial charge in [0.05, 0.1) is 10.6 Å². The summed E-state index contributed by atoms with van der Waals surface area (Å²) in [4.78, 5) is 10.6. The number of nitrogen functional groups attached to an aromatic ring is 1. The average molecular weight is 289 g/mol. The topological polar surface area (TPSA) is 115 Å². The van der Waals surface area contributed by atoms with Gasteiger partial charge in [0, 0.05) is 12.5 Å². The van der Waals surface area contributed by atoms with Crippen molar-refractivity contribution in [3.8, 4) is 0 Å². The minimum absolute atomic E-state index is 0.128. The van der Waals surface area contributed by atoms with Crippen molar-refractivity contribution >= 4 is 21.6 Å². The molecular weight excluding hydrogens is 273 g/mol. The number of carbonyl (C=O) groups is 1. The van der Waals surface area contributed by atoms with E-state index in [-0.39, 0.29) is 22.6 Å². The standard InChI is InChI=1S/C11H16FN3O3S/c1-6-3-8(5-9(13)11(6)12)19(17,18)15-7(2)4-10(14)16/h3,5,7,15H,4,13H2,1-2H3,(H2,14,16). The molecule has 0 saturated heterocycles. The fraction of sp³-hybridized carbons (Fsp3) is 0.364. The Labute approximate surface area is 111 Å². The van der Waals surface area contributed by atoms with E-state index in [1.54, 1.807) is 0 Å². The molecule has 0 heterocycles. The third-order valence-electron chi connectivity index (χ3n) is 2.43. The number of nitrogens with two attached hydrogens (primary N) is 2. The zero-order chi connectivity index (χ0) is 14.8. The van der Waals surface area contributed by atoms with Crippen molar-refractivity contribution in [2.24, 2.45) is 5.73 Å². The first-order valence-corrected chi connectivity index (χ1v) is 6.98. The molecule has 0 aliphatic carbocycles. The minimum atomic E-state index is -3.87. The van der Waals surface area contributed by atoms with E-state index in [1.165, 1.54) is 19.9 Å². The van der Waals surface area contributed by atoms with E-state index in [9.17, 15) is 17.6 Å². The van der Waals surface area contributed by atoms with Crippen LogP contribution in [0.3, 0.4) is 0 Å². The largest absolute Gasteiger partial charge is 0.396 e. The maximum atomic E-state index is 13.3. The lowest BCUT2D eigenvalue weighted by atomic mass is 10.2. The second kappa shape index (κ2) is 5.54. The monoisotopic (exact) mass is 289 g/mol. The quantitative estimate of drug-likeness (QED) is 0.674. The van der Waals surface area contributed by atoms with Crippen molar-refractivity contribution in [3.05, 3.63) is 23.5 Å². The summed E-state index contributed by atoms with van der Waals surface area (Å²) in [5.41, 5.74) is 10.2. The molecular formula is C11H16FN3O3S. The first-order valence-electron chi connectivity index (χ1n) is 5.49. The Hall–Kier alpha value is -1.67. The molecule has 0 spiro atoms. The number of primary amides is 1. The first kappa shape index (κ1) is 15.4. The summed E-state index contributed by atoms with van der Waals surface area (Å²) in [6.07, 6.45) is -0.130. The number of hydrogen-bond acceptors (Lipinski definition) is 4. The zero-order valence-corrected chi connectivity index (χ0v) is 11.4. The summed E-state index contributed by atoms with van der Waals surface area (Å²) in [6.45, 7) is 2.92. The molecule has 1 rings (SSSR count). The highest BCUT2D eigenvalue weighted by atomic mass is 32.2. The molecule has 1 aromatic rings. The molecule has 0 aliphatic heterocycles. The number of aryl methyl sites for hydroxylation is 1. The van der Waals surface area contributed by atoms with E-state index in [2.05, 4.69) is 4.72 Å². The van der Waals surface area contributed by atoms with Crippen molar-refractivity contribution in [1.29, 1.82) is 0 Å². The van der Waals surface area contributed by atoms with Crippen molar-refractivity contribution in [1.82, 2.24) is 4.72 Å². The molecule has 6 nitrogen and oxygen atoms in total. The third-order valence-corrected chi connectivity index (χ3v) is 4.00. The Balaban J connectivity index is 3.04. The highest BCUT2D eigenvalue weighted by Gasteiger charge is 2.20. The summed E-state index contributed by atoms with van der Waals surface area (Å²) in [5, 5.41) is 0. The number of hydrogen-bond donors (Lipinski definition) is 3. The third kappa shape index (κ3) is 3.90. The number of sulfonamides is 1. The predicted molar refractivity (Wildman–Crippen MR) is 69.1 cm³/mol. The van der Waals surface area contributed by atoms with Crippen molar-refractivity contribution in [2.45, 2.75) is 31.2 Å². The van der Waals surface area contributed by atoms with Gasteiger partial charge < -0.3 is 11.5 Å². The average Bonchev–Trinajstić information content (AvgIpc) is 2.22. The predicted octanol–water partition coefficient (Wildman–Crippen LogP) is 0.259. The van der Waals surface area contributed by atoms with Gasteiger partial charge in [-0.05, 0) is 31.5 Å². The molecule has 0 fully saturated rings. The summed E-state index contributed by atoms with van der Waals surface area (Å²) in [6, 6.07) is 1.54. The van der Waals surface area contributed by atoms with Gasteiger partial charge in [0.15, 0.2) is 0 Å². The number of amides is 1. The summed E-state index contributed by atoms with van der Waals surface area (Å²) in [7, 11) is -3.87. The van der Waals surface area contributed by atoms with Gasteiger partial charge in [-0.2, -0.15) is 0 Å². The number of nitrogens with one attached hydrogen (secondary N) is 1. The lowest BCUT2D eigenvalue weighted by molar-refractivity contribution is -0.118. The number of benzene rings is 1. The van der Waals surface area contributed by atoms with Crippen LogP contribution in [0.15, 0.2) is 17.0 Å². The van der Waals surface area contributed by atoms with Gasteiger partial charge in [0.1, 0.15) is 5.82 Å². The van der Waals surface area contributed by atoms with E-state index in [4.69, 9.17) is 11.5 Å². The molecule has 19 heavy (non-hydrogen) atoms. The summed E-state index contributed by atoms with van der Waals surface area (Å²) >= 11 is 0. The molecule has 106 valence electrons. The highest BCUT2D eigenvalue weighted by Crippen LogP contribution is 2.21. The van der Waals surface area contributed by atoms with Gasteiger partial charge in [0.2, 0.25) is 15.9 Å². The van der Waals surface area contributed by atoms with Gasteiger partial charge in [-0.15, -0.1) is 0 Å². The molecule has 1 atom stereocenters. The SMILES string of the molecule is Cc1cc(S(=O)(=O)NC(C)CC(N)=O)cc(N)c1F. The molecule has 1 unspecified atom stereocenters. The molecule has 0 aliphatic rings. The van der Waals surface area contributed by atoms with E-state index < -0.39 is 27.8 Å². The van der Waals surface area contributed by atoms with Gasteiger partial charge >= 0.3 is 0 Å². The smallest absolute Gasteiger partial charge is 0.240 e. The molecule has 0 saturated carbocycles. The Morgan fingerprint density at radius 1 is 1.47 bits per heavy atom. The van der Waals surface area contributed by atoms with Crippen LogP contribution in [0.25, 0.3) is 0 Å². The van der Waals surface area contributed by atoms with Crippen LogP contribution in [0.1, 0.15) is 18.9 Å². The zero-order valence-electron chi connectivity index (χ0n) is 10.6. The van der Waals surface area contributed by atoms with Crippen LogP contribution in [-0.4, -0.2) is 20.4 Å². The fourth-order valence-corrected chi connectivity index (χ4v) is 2.96. The van der Waals surface area contributed by atoms with E-state index in [0.29, 0.717) is 0 Å². The summed E-state index contributed by atoms with van der Waals surface area (Å²) < 4.78 is 39.6. The van der Waals surface area contributed by atoms with E-state index in [1.807, 2.05) is 0 Å². The number of carbonyl (C=O) groups excluding carboxylic acids is 1. The Bertz CT molecular complexity index is 578. The number of halogens is 1. The molecule has 0 bridgehead atoms. The fourth-order valence-electron chi connectivity index (χ4n) is 1.59. The normalized spacial score (nSPS) is 13.2. The number of anilines is 1. The van der Waals surface area contributed by atoms with E-state index in [0.717, 1.165) is 6.07 Å². The minimum Gasteiger partial charge on any atom is -0.396 e. The summed E-state index contributed by atoms with van der Waals surface area (Å²) in [5.74, 6) is -1.27. The maximum absolute atomic E-state index is 13.3.